The number of benzene rings is 1. The lowest BCUT2D eigenvalue weighted by Gasteiger charge is -2.34. The van der Waals surface area contributed by atoms with Crippen molar-refractivity contribution in [3.05, 3.63) is 29.8 Å². The first-order chi connectivity index (χ1) is 15.2. The Labute approximate surface area is 188 Å². The summed E-state index contributed by atoms with van der Waals surface area (Å²) < 4.78 is 29.3. The lowest BCUT2D eigenvalue weighted by Crippen LogP contribution is -2.48. The topological polar surface area (TPSA) is 101 Å². The molecule has 0 spiro atoms. The van der Waals surface area contributed by atoms with Crippen molar-refractivity contribution in [2.24, 2.45) is 5.92 Å². The quantitative estimate of drug-likeness (QED) is 0.598. The largest absolute Gasteiger partial charge is 0.455 e. The first-order valence-corrected chi connectivity index (χ1v) is 13.1. The first kappa shape index (κ1) is 22.8. The molecule has 2 atom stereocenters. The highest BCUT2D eigenvalue weighted by atomic mass is 32.2. The van der Waals surface area contributed by atoms with E-state index in [0.717, 1.165) is 36.9 Å². The molecule has 2 aliphatic heterocycles. The van der Waals surface area contributed by atoms with Crippen molar-refractivity contribution in [2.75, 3.05) is 29.6 Å². The Hall–Kier alpha value is -2.42. The van der Waals surface area contributed by atoms with E-state index in [9.17, 15) is 22.8 Å². The second-order valence-electron chi connectivity index (χ2n) is 9.14. The van der Waals surface area contributed by atoms with Gasteiger partial charge < -0.3 is 14.5 Å². The van der Waals surface area contributed by atoms with Crippen LogP contribution in [0.1, 0.15) is 44.1 Å². The molecular formula is C23H30N2O6S. The zero-order valence-corrected chi connectivity index (χ0v) is 19.2. The van der Waals surface area contributed by atoms with Crippen molar-refractivity contribution in [1.82, 2.24) is 4.90 Å². The van der Waals surface area contributed by atoms with E-state index in [-0.39, 0.29) is 48.4 Å². The van der Waals surface area contributed by atoms with E-state index < -0.39 is 28.3 Å². The standard InChI is InChI=1S/C23H30N2O6S/c1-16-6-8-18(9-7-16)24-13-17(12-21(24)26)23(28)31-14-22(27)25(19-4-2-3-5-19)20-10-11-32(29,30)15-20/h6-9,17,19-20H,2-5,10-15H2,1H3. The molecule has 0 radical (unpaired) electrons. The van der Waals surface area contributed by atoms with E-state index in [1.165, 1.54) is 0 Å². The molecule has 3 aliphatic rings. The fourth-order valence-corrected chi connectivity index (χ4v) is 6.76. The van der Waals surface area contributed by atoms with Crippen molar-refractivity contribution in [1.29, 1.82) is 0 Å². The second-order valence-corrected chi connectivity index (χ2v) is 11.4. The highest BCUT2D eigenvalue weighted by Gasteiger charge is 2.40. The molecule has 0 aromatic heterocycles. The summed E-state index contributed by atoms with van der Waals surface area (Å²) in [4.78, 5) is 41.3. The molecule has 8 nitrogen and oxygen atoms in total. The highest BCUT2D eigenvalue weighted by Crippen LogP contribution is 2.30. The van der Waals surface area contributed by atoms with Crippen LogP contribution in [0.15, 0.2) is 24.3 Å². The van der Waals surface area contributed by atoms with Crippen LogP contribution < -0.4 is 4.90 Å². The van der Waals surface area contributed by atoms with E-state index >= 15 is 0 Å². The van der Waals surface area contributed by atoms with Gasteiger partial charge in [0.15, 0.2) is 16.4 Å². The lowest BCUT2D eigenvalue weighted by atomic mass is 10.1. The summed E-state index contributed by atoms with van der Waals surface area (Å²) in [5, 5.41) is 0. The molecule has 1 aromatic rings. The van der Waals surface area contributed by atoms with Crippen molar-refractivity contribution in [2.45, 2.75) is 57.5 Å². The molecular weight excluding hydrogens is 432 g/mol. The minimum atomic E-state index is -3.13. The number of amides is 2. The van der Waals surface area contributed by atoms with Crippen LogP contribution in [0.4, 0.5) is 5.69 Å². The van der Waals surface area contributed by atoms with Gasteiger partial charge in [-0.3, -0.25) is 14.4 Å². The molecule has 2 amide bonds. The average Bonchev–Trinajstić information content (AvgIpc) is 3.48. The Balaban J connectivity index is 1.36. The molecule has 3 fully saturated rings. The van der Waals surface area contributed by atoms with Crippen LogP contribution in [0.3, 0.4) is 0 Å². The van der Waals surface area contributed by atoms with Crippen molar-refractivity contribution >= 4 is 33.3 Å². The molecule has 4 rings (SSSR count). The number of nitrogens with zero attached hydrogens (tertiary/aromatic N) is 2. The summed E-state index contributed by atoms with van der Waals surface area (Å²) in [6.07, 6.45) is 4.19. The van der Waals surface area contributed by atoms with Crippen LogP contribution in [-0.4, -0.2) is 67.8 Å². The molecule has 2 saturated heterocycles. The number of carbonyl (C=O) groups excluding carboxylic acids is 3. The van der Waals surface area contributed by atoms with Crippen LogP contribution in [0.25, 0.3) is 0 Å². The number of sulfone groups is 1. The zero-order chi connectivity index (χ0) is 22.9. The molecule has 1 saturated carbocycles. The molecule has 32 heavy (non-hydrogen) atoms. The van der Waals surface area contributed by atoms with Gasteiger partial charge in [-0.15, -0.1) is 0 Å². The molecule has 174 valence electrons. The molecule has 1 aromatic carbocycles. The smallest absolute Gasteiger partial charge is 0.311 e. The summed E-state index contributed by atoms with van der Waals surface area (Å²) in [5.41, 5.74) is 1.82. The van der Waals surface area contributed by atoms with Crippen LogP contribution in [-0.2, 0) is 29.0 Å². The van der Waals surface area contributed by atoms with E-state index in [0.29, 0.717) is 6.42 Å². The number of anilines is 1. The molecule has 0 N–H and O–H groups in total. The first-order valence-electron chi connectivity index (χ1n) is 11.3. The average molecular weight is 463 g/mol. The maximum atomic E-state index is 13.0. The SMILES string of the molecule is Cc1ccc(N2CC(C(=O)OCC(=O)N(C3CCCC3)C3CCS(=O)(=O)C3)CC2=O)cc1. The van der Waals surface area contributed by atoms with Crippen molar-refractivity contribution in [3.8, 4) is 0 Å². The Morgan fingerprint density at radius 3 is 2.41 bits per heavy atom. The lowest BCUT2D eigenvalue weighted by molar-refractivity contribution is -0.157. The predicted molar refractivity (Wildman–Crippen MR) is 119 cm³/mol. The second kappa shape index (κ2) is 9.21. The molecule has 9 heteroatoms. The molecule has 0 bridgehead atoms. The third kappa shape index (κ3) is 4.98. The van der Waals surface area contributed by atoms with Gasteiger partial charge in [-0.05, 0) is 38.3 Å². The number of ether oxygens (including phenoxy) is 1. The van der Waals surface area contributed by atoms with Gasteiger partial charge in [-0.25, -0.2) is 8.42 Å². The minimum Gasteiger partial charge on any atom is -0.455 e. The van der Waals surface area contributed by atoms with E-state index in [1.54, 1.807) is 9.80 Å². The van der Waals surface area contributed by atoms with Gasteiger partial charge in [0, 0.05) is 30.7 Å². The number of hydrogen-bond donors (Lipinski definition) is 0. The van der Waals surface area contributed by atoms with Gasteiger partial charge in [0.25, 0.3) is 5.91 Å². The van der Waals surface area contributed by atoms with Crippen LogP contribution in [0.5, 0.6) is 0 Å². The van der Waals surface area contributed by atoms with Gasteiger partial charge in [-0.1, -0.05) is 30.5 Å². The Bertz CT molecular complexity index is 984. The summed E-state index contributed by atoms with van der Waals surface area (Å²) >= 11 is 0. The van der Waals surface area contributed by atoms with Crippen LogP contribution in [0.2, 0.25) is 0 Å². The number of aryl methyl sites for hydroxylation is 1. The summed E-state index contributed by atoms with van der Waals surface area (Å²) in [6, 6.07) is 7.17. The predicted octanol–water partition coefficient (Wildman–Crippen LogP) is 1.85. The molecule has 2 unspecified atom stereocenters. The molecule has 2 heterocycles. The van der Waals surface area contributed by atoms with Gasteiger partial charge in [-0.2, -0.15) is 0 Å². The third-order valence-corrected chi connectivity index (χ3v) is 8.50. The van der Waals surface area contributed by atoms with Crippen LogP contribution >= 0.6 is 0 Å². The Kier molecular flexibility index (Phi) is 6.55. The van der Waals surface area contributed by atoms with Gasteiger partial charge >= 0.3 is 5.97 Å². The zero-order valence-electron chi connectivity index (χ0n) is 18.4. The molecule has 1 aliphatic carbocycles. The number of rotatable bonds is 6. The van der Waals surface area contributed by atoms with E-state index in [2.05, 4.69) is 0 Å². The number of carbonyl (C=O) groups is 3. The number of hydrogen-bond acceptors (Lipinski definition) is 6. The monoisotopic (exact) mass is 462 g/mol. The maximum absolute atomic E-state index is 13.0. The number of esters is 1. The minimum absolute atomic E-state index is 0.00425. The maximum Gasteiger partial charge on any atom is 0.311 e. The third-order valence-electron chi connectivity index (χ3n) is 6.75. The summed E-state index contributed by atoms with van der Waals surface area (Å²) in [6.45, 7) is 1.77. The van der Waals surface area contributed by atoms with Gasteiger partial charge in [0.1, 0.15) is 0 Å². The van der Waals surface area contributed by atoms with Crippen LogP contribution in [0, 0.1) is 12.8 Å². The van der Waals surface area contributed by atoms with E-state index in [4.69, 9.17) is 4.74 Å². The van der Waals surface area contributed by atoms with Crippen molar-refractivity contribution < 1.29 is 27.5 Å². The fraction of sp³-hybridized carbons (Fsp3) is 0.609. The van der Waals surface area contributed by atoms with Gasteiger partial charge in [0.2, 0.25) is 5.91 Å². The van der Waals surface area contributed by atoms with Crippen molar-refractivity contribution in [3.63, 3.8) is 0 Å². The highest BCUT2D eigenvalue weighted by molar-refractivity contribution is 7.91. The Morgan fingerprint density at radius 2 is 1.78 bits per heavy atom. The fourth-order valence-electron chi connectivity index (χ4n) is 5.05. The summed E-state index contributed by atoms with van der Waals surface area (Å²) in [5.74, 6) is -1.60. The van der Waals surface area contributed by atoms with E-state index in [1.807, 2.05) is 31.2 Å². The normalized spacial score (nSPS) is 25.3. The van der Waals surface area contributed by atoms with Gasteiger partial charge in [0.05, 0.1) is 17.4 Å². The Morgan fingerprint density at radius 1 is 1.09 bits per heavy atom. The summed E-state index contributed by atoms with van der Waals surface area (Å²) in [7, 11) is -3.13.